The van der Waals surface area contributed by atoms with E-state index in [1.165, 1.54) is 0 Å². The van der Waals surface area contributed by atoms with E-state index in [0.29, 0.717) is 24.5 Å². The molecular formula is C13H20N2O3. The lowest BCUT2D eigenvalue weighted by Gasteiger charge is -2.17. The Labute approximate surface area is 107 Å². The first-order valence-electron chi connectivity index (χ1n) is 5.89. The molecule has 1 unspecified atom stereocenters. The van der Waals surface area contributed by atoms with Crippen LogP contribution in [0.5, 0.6) is 11.5 Å². The summed E-state index contributed by atoms with van der Waals surface area (Å²) in [5, 5.41) is 3.05. The van der Waals surface area contributed by atoms with Gasteiger partial charge in [-0.05, 0) is 31.2 Å². The number of amides is 1. The molecular weight excluding hydrogens is 232 g/mol. The summed E-state index contributed by atoms with van der Waals surface area (Å²) in [5.74, 6) is 0.657. The SMILES string of the molecule is CCC(Oc1cc(CNC)ccc1OC)C(N)=O. The van der Waals surface area contributed by atoms with Gasteiger partial charge in [0.05, 0.1) is 7.11 Å². The molecule has 0 saturated heterocycles. The number of carbonyl (C=O) groups excluding carboxylic acids is 1. The van der Waals surface area contributed by atoms with Crippen molar-refractivity contribution in [2.75, 3.05) is 14.2 Å². The Morgan fingerprint density at radius 2 is 2.17 bits per heavy atom. The number of rotatable bonds is 7. The van der Waals surface area contributed by atoms with Crippen molar-refractivity contribution in [1.29, 1.82) is 0 Å². The van der Waals surface area contributed by atoms with Gasteiger partial charge in [-0.3, -0.25) is 4.79 Å². The molecule has 1 rings (SSSR count). The van der Waals surface area contributed by atoms with Gasteiger partial charge in [-0.25, -0.2) is 0 Å². The molecule has 5 heteroatoms. The van der Waals surface area contributed by atoms with Crippen LogP contribution in [0.2, 0.25) is 0 Å². The van der Waals surface area contributed by atoms with Crippen molar-refractivity contribution >= 4 is 5.91 Å². The van der Waals surface area contributed by atoms with Crippen LogP contribution in [0.1, 0.15) is 18.9 Å². The van der Waals surface area contributed by atoms with Gasteiger partial charge in [0.25, 0.3) is 5.91 Å². The number of benzene rings is 1. The molecule has 1 aromatic carbocycles. The Morgan fingerprint density at radius 1 is 1.44 bits per heavy atom. The molecule has 0 fully saturated rings. The van der Waals surface area contributed by atoms with Crippen LogP contribution in [0, 0.1) is 0 Å². The molecule has 0 spiro atoms. The summed E-state index contributed by atoms with van der Waals surface area (Å²) >= 11 is 0. The lowest BCUT2D eigenvalue weighted by molar-refractivity contribution is -0.124. The van der Waals surface area contributed by atoms with Crippen LogP contribution in [0.15, 0.2) is 18.2 Å². The zero-order valence-electron chi connectivity index (χ0n) is 11.0. The molecule has 3 N–H and O–H groups in total. The molecule has 5 nitrogen and oxygen atoms in total. The minimum Gasteiger partial charge on any atom is -0.493 e. The number of hydrogen-bond acceptors (Lipinski definition) is 4. The van der Waals surface area contributed by atoms with E-state index in [2.05, 4.69) is 5.32 Å². The third-order valence-corrected chi connectivity index (χ3v) is 2.57. The summed E-state index contributed by atoms with van der Waals surface area (Å²) < 4.78 is 10.8. The second kappa shape index (κ2) is 6.86. The number of nitrogens with two attached hydrogens (primary N) is 1. The van der Waals surface area contributed by atoms with Crippen molar-refractivity contribution in [3.63, 3.8) is 0 Å². The zero-order chi connectivity index (χ0) is 13.5. The number of carbonyl (C=O) groups is 1. The molecule has 1 aromatic rings. The highest BCUT2D eigenvalue weighted by atomic mass is 16.5. The molecule has 0 radical (unpaired) electrons. The van der Waals surface area contributed by atoms with Crippen molar-refractivity contribution < 1.29 is 14.3 Å². The standard InChI is InChI=1S/C13H20N2O3/c1-4-10(13(14)16)18-12-7-9(8-15-2)5-6-11(12)17-3/h5-7,10,15H,4,8H2,1-3H3,(H2,14,16). The molecule has 0 bridgehead atoms. The van der Waals surface area contributed by atoms with Crippen molar-refractivity contribution in [2.24, 2.45) is 5.73 Å². The number of primary amides is 1. The fourth-order valence-electron chi connectivity index (χ4n) is 1.62. The van der Waals surface area contributed by atoms with E-state index in [1.807, 2.05) is 32.2 Å². The van der Waals surface area contributed by atoms with Gasteiger partial charge in [0, 0.05) is 6.54 Å². The fraction of sp³-hybridized carbons (Fsp3) is 0.462. The van der Waals surface area contributed by atoms with E-state index in [-0.39, 0.29) is 0 Å². The number of hydrogen-bond donors (Lipinski definition) is 2. The Balaban J connectivity index is 2.96. The van der Waals surface area contributed by atoms with Crippen LogP contribution in [0.25, 0.3) is 0 Å². The second-order valence-corrected chi connectivity index (χ2v) is 3.93. The van der Waals surface area contributed by atoms with Gasteiger partial charge in [0.2, 0.25) is 0 Å². The van der Waals surface area contributed by atoms with Crippen molar-refractivity contribution in [2.45, 2.75) is 26.0 Å². The predicted molar refractivity (Wildman–Crippen MR) is 69.7 cm³/mol. The monoisotopic (exact) mass is 252 g/mol. The molecule has 0 saturated carbocycles. The largest absolute Gasteiger partial charge is 0.493 e. The zero-order valence-corrected chi connectivity index (χ0v) is 11.0. The van der Waals surface area contributed by atoms with Crippen LogP contribution in [-0.4, -0.2) is 26.2 Å². The highest BCUT2D eigenvalue weighted by Crippen LogP contribution is 2.29. The summed E-state index contributed by atoms with van der Waals surface area (Å²) in [6.07, 6.45) is -0.113. The van der Waals surface area contributed by atoms with E-state index < -0.39 is 12.0 Å². The number of ether oxygens (including phenoxy) is 2. The molecule has 0 aromatic heterocycles. The summed E-state index contributed by atoms with van der Waals surface area (Å²) in [5.41, 5.74) is 6.31. The Morgan fingerprint density at radius 3 is 2.67 bits per heavy atom. The van der Waals surface area contributed by atoms with Gasteiger partial charge in [-0.15, -0.1) is 0 Å². The molecule has 1 atom stereocenters. The highest BCUT2D eigenvalue weighted by Gasteiger charge is 2.17. The predicted octanol–water partition coefficient (Wildman–Crippen LogP) is 1.06. The smallest absolute Gasteiger partial charge is 0.258 e. The second-order valence-electron chi connectivity index (χ2n) is 3.93. The molecule has 0 aliphatic carbocycles. The fourth-order valence-corrected chi connectivity index (χ4v) is 1.62. The van der Waals surface area contributed by atoms with Crippen molar-refractivity contribution in [3.8, 4) is 11.5 Å². The molecule has 1 amide bonds. The number of nitrogens with one attached hydrogen (secondary N) is 1. The molecule has 0 aliphatic rings. The maximum Gasteiger partial charge on any atom is 0.258 e. The van der Waals surface area contributed by atoms with Gasteiger partial charge in [0.15, 0.2) is 17.6 Å². The van der Waals surface area contributed by atoms with Crippen LogP contribution < -0.4 is 20.5 Å². The Bertz CT molecular complexity index is 407. The Kier molecular flexibility index (Phi) is 5.45. The third kappa shape index (κ3) is 3.63. The quantitative estimate of drug-likeness (QED) is 0.761. The molecule has 0 aliphatic heterocycles. The summed E-state index contributed by atoms with van der Waals surface area (Å²) in [7, 11) is 3.42. The average molecular weight is 252 g/mol. The van der Waals surface area contributed by atoms with Crippen molar-refractivity contribution in [1.82, 2.24) is 5.32 Å². The molecule has 0 heterocycles. The van der Waals surface area contributed by atoms with Gasteiger partial charge in [0.1, 0.15) is 0 Å². The molecule has 18 heavy (non-hydrogen) atoms. The van der Waals surface area contributed by atoms with Gasteiger partial charge < -0.3 is 20.5 Å². The highest BCUT2D eigenvalue weighted by molar-refractivity contribution is 5.79. The minimum atomic E-state index is -0.635. The van der Waals surface area contributed by atoms with Crippen LogP contribution >= 0.6 is 0 Å². The summed E-state index contributed by atoms with van der Waals surface area (Å²) in [6.45, 7) is 2.56. The topological polar surface area (TPSA) is 73.6 Å². The van der Waals surface area contributed by atoms with E-state index in [4.69, 9.17) is 15.2 Å². The summed E-state index contributed by atoms with van der Waals surface area (Å²) in [4.78, 5) is 11.2. The van der Waals surface area contributed by atoms with Crippen LogP contribution in [0.3, 0.4) is 0 Å². The van der Waals surface area contributed by atoms with Gasteiger partial charge in [-0.1, -0.05) is 13.0 Å². The van der Waals surface area contributed by atoms with E-state index in [0.717, 1.165) is 5.56 Å². The lowest BCUT2D eigenvalue weighted by atomic mass is 10.2. The minimum absolute atomic E-state index is 0.474. The van der Waals surface area contributed by atoms with E-state index >= 15 is 0 Å². The van der Waals surface area contributed by atoms with Crippen LogP contribution in [0.4, 0.5) is 0 Å². The van der Waals surface area contributed by atoms with Gasteiger partial charge in [-0.2, -0.15) is 0 Å². The average Bonchev–Trinajstić information content (AvgIpc) is 2.36. The first-order chi connectivity index (χ1) is 8.62. The third-order valence-electron chi connectivity index (χ3n) is 2.57. The number of methoxy groups -OCH3 is 1. The lowest BCUT2D eigenvalue weighted by Crippen LogP contribution is -2.33. The summed E-state index contributed by atoms with van der Waals surface area (Å²) in [6, 6.07) is 5.60. The van der Waals surface area contributed by atoms with Crippen molar-refractivity contribution in [3.05, 3.63) is 23.8 Å². The van der Waals surface area contributed by atoms with Crippen LogP contribution in [-0.2, 0) is 11.3 Å². The van der Waals surface area contributed by atoms with E-state index in [1.54, 1.807) is 7.11 Å². The Hall–Kier alpha value is -1.75. The first-order valence-corrected chi connectivity index (χ1v) is 5.89. The first kappa shape index (κ1) is 14.3. The normalized spacial score (nSPS) is 11.9. The van der Waals surface area contributed by atoms with E-state index in [9.17, 15) is 4.79 Å². The maximum absolute atomic E-state index is 11.2. The van der Waals surface area contributed by atoms with Gasteiger partial charge >= 0.3 is 0 Å². The molecule has 100 valence electrons. The maximum atomic E-state index is 11.2.